The number of hydrogen-bond acceptors (Lipinski definition) is 8. The molecule has 2 unspecified atom stereocenters. The highest BCUT2D eigenvalue weighted by Gasteiger charge is 2.36. The molecular weight excluding hydrogens is 690 g/mol. The highest BCUT2D eigenvalue weighted by Crippen LogP contribution is 2.31. The minimum Gasteiger partial charge on any atom is -0.476 e. The number of imidazole rings is 1. The van der Waals surface area contributed by atoms with Gasteiger partial charge in [0.05, 0.1) is 34.6 Å². The summed E-state index contributed by atoms with van der Waals surface area (Å²) in [5.41, 5.74) is -0.214. The van der Waals surface area contributed by atoms with Crippen LogP contribution in [-0.4, -0.2) is 93.8 Å². The maximum Gasteiger partial charge on any atom is 0.407 e. The second-order valence-electron chi connectivity index (χ2n) is 13.0. The Balaban J connectivity index is 1.14. The molecule has 3 N–H and O–H groups in total. The highest BCUT2D eigenvalue weighted by molar-refractivity contribution is 6.34. The minimum absolute atomic E-state index is 0.0864. The first-order valence-corrected chi connectivity index (χ1v) is 16.5. The van der Waals surface area contributed by atoms with Gasteiger partial charge in [-0.25, -0.2) is 19.0 Å². The monoisotopic (exact) mass is 726 g/mol. The Bertz CT molecular complexity index is 1880. The summed E-state index contributed by atoms with van der Waals surface area (Å²) in [4.78, 5) is 58.7. The molecule has 1 aliphatic carbocycles. The molecule has 2 aromatic carbocycles. The van der Waals surface area contributed by atoms with Gasteiger partial charge in [-0.05, 0) is 63.9 Å². The van der Waals surface area contributed by atoms with E-state index in [1.165, 1.54) is 48.1 Å². The van der Waals surface area contributed by atoms with Gasteiger partial charge in [0.1, 0.15) is 11.7 Å². The van der Waals surface area contributed by atoms with Gasteiger partial charge in [-0.1, -0.05) is 11.6 Å². The Morgan fingerprint density at radius 2 is 1.67 bits per heavy atom. The zero-order chi connectivity index (χ0) is 37.0. The predicted octanol–water partition coefficient (Wildman–Crippen LogP) is 4.70. The number of benzene rings is 2. The molecule has 1 saturated heterocycles. The number of alkyl carbamates (subject to hydrolysis) is 1. The quantitative estimate of drug-likeness (QED) is 0.300. The fraction of sp³-hybridized carbons (Fsp3) is 0.412. The van der Waals surface area contributed by atoms with E-state index in [9.17, 15) is 28.0 Å². The molecule has 1 aliphatic heterocycles. The van der Waals surface area contributed by atoms with Crippen LogP contribution in [0.25, 0.3) is 11.3 Å². The number of amides is 5. The van der Waals surface area contributed by atoms with Gasteiger partial charge >= 0.3 is 12.1 Å². The number of carbonyl (C=O) groups is 4. The van der Waals surface area contributed by atoms with Gasteiger partial charge in [0, 0.05) is 44.5 Å². The van der Waals surface area contributed by atoms with Crippen LogP contribution in [0.1, 0.15) is 54.6 Å². The standard InChI is InChI=1S/C34H37ClF2N8O6/c1-34(2,3)51-33(49)42-24-9-8-23(24)41-32(48)45-14-12-44(13-15-45)31(47)20-6-5-19(17-22(20)35)40-30(46)29-39-18-25(43(29)4)21-7-10-26(50-16-11-38)28(37)27(21)36/h5-7,10,17-18,23-24H,8-9,12-16H2,1-4H3,(H,40,46)(H,41,48)(H,42,49). The Morgan fingerprint density at radius 1 is 1.00 bits per heavy atom. The molecule has 0 radical (unpaired) electrons. The van der Waals surface area contributed by atoms with Gasteiger partial charge in [-0.2, -0.15) is 9.65 Å². The summed E-state index contributed by atoms with van der Waals surface area (Å²) < 4.78 is 40.8. The van der Waals surface area contributed by atoms with Crippen molar-refractivity contribution in [1.29, 1.82) is 5.26 Å². The molecule has 5 rings (SSSR count). The van der Waals surface area contributed by atoms with Crippen molar-refractivity contribution in [1.82, 2.24) is 30.0 Å². The molecule has 2 heterocycles. The van der Waals surface area contributed by atoms with Crippen LogP contribution in [0.4, 0.5) is 24.1 Å². The minimum atomic E-state index is -1.28. The number of urea groups is 1. The van der Waals surface area contributed by atoms with Gasteiger partial charge in [0.25, 0.3) is 11.8 Å². The van der Waals surface area contributed by atoms with Gasteiger partial charge in [0.15, 0.2) is 24.0 Å². The third-order valence-electron chi connectivity index (χ3n) is 8.40. The maximum atomic E-state index is 14.8. The number of rotatable bonds is 8. The SMILES string of the molecule is Cn1c(-c2ccc(OCC#N)c(F)c2F)cnc1C(=O)Nc1ccc(C(=O)N2CCN(C(=O)NC3CCC3NC(=O)OC(C)(C)C)CC2)c(Cl)c1. The molecule has 1 aromatic heterocycles. The number of hydrogen-bond donors (Lipinski definition) is 3. The van der Waals surface area contributed by atoms with E-state index in [1.807, 2.05) is 0 Å². The van der Waals surface area contributed by atoms with Gasteiger partial charge in [0.2, 0.25) is 5.82 Å². The fourth-order valence-corrected chi connectivity index (χ4v) is 5.87. The first kappa shape index (κ1) is 36.8. The number of carbonyl (C=O) groups excluding carboxylic acids is 4. The van der Waals surface area contributed by atoms with Crippen LogP contribution < -0.4 is 20.7 Å². The Hall–Kier alpha value is -5.43. The lowest BCUT2D eigenvalue weighted by Crippen LogP contribution is -2.62. The van der Waals surface area contributed by atoms with Crippen molar-refractivity contribution in [3.8, 4) is 23.1 Å². The van der Waals surface area contributed by atoms with Crippen molar-refractivity contribution in [2.24, 2.45) is 7.05 Å². The molecule has 0 bridgehead atoms. The zero-order valence-corrected chi connectivity index (χ0v) is 29.1. The molecule has 270 valence electrons. The summed E-state index contributed by atoms with van der Waals surface area (Å²) in [6, 6.07) is 7.78. The number of nitriles is 1. The Kier molecular flexibility index (Phi) is 11.0. The van der Waals surface area contributed by atoms with Gasteiger partial charge in [-0.3, -0.25) is 9.59 Å². The van der Waals surface area contributed by atoms with E-state index in [-0.39, 0.29) is 70.5 Å². The number of halogens is 3. The third-order valence-corrected chi connectivity index (χ3v) is 8.72. The molecule has 2 atom stereocenters. The number of anilines is 1. The van der Waals surface area contributed by atoms with Gasteiger partial charge in [-0.15, -0.1) is 0 Å². The van der Waals surface area contributed by atoms with Crippen molar-refractivity contribution in [3.63, 3.8) is 0 Å². The summed E-state index contributed by atoms with van der Waals surface area (Å²) in [7, 11) is 1.46. The lowest BCUT2D eigenvalue weighted by Gasteiger charge is -2.40. The molecule has 3 aromatic rings. The molecule has 14 nitrogen and oxygen atoms in total. The third kappa shape index (κ3) is 8.48. The molecular formula is C34H37ClF2N8O6. The molecule has 2 fully saturated rings. The summed E-state index contributed by atoms with van der Waals surface area (Å²) in [6.45, 7) is 6.00. The largest absolute Gasteiger partial charge is 0.476 e. The van der Waals surface area contributed by atoms with Crippen LogP contribution in [0.2, 0.25) is 5.02 Å². The number of ether oxygens (including phenoxy) is 2. The first-order valence-electron chi connectivity index (χ1n) is 16.1. The number of nitrogens with zero attached hydrogens (tertiary/aromatic N) is 5. The van der Waals surface area contributed by atoms with Gasteiger partial charge < -0.3 is 39.8 Å². The van der Waals surface area contributed by atoms with Crippen LogP contribution >= 0.6 is 11.6 Å². The average molecular weight is 727 g/mol. The van der Waals surface area contributed by atoms with E-state index < -0.39 is 41.6 Å². The average Bonchev–Trinajstić information content (AvgIpc) is 3.46. The molecule has 51 heavy (non-hydrogen) atoms. The molecule has 1 saturated carbocycles. The van der Waals surface area contributed by atoms with Crippen molar-refractivity contribution in [2.45, 2.75) is 51.3 Å². The van der Waals surface area contributed by atoms with Crippen molar-refractivity contribution >= 4 is 41.2 Å². The topological polar surface area (TPSA) is 171 Å². The van der Waals surface area contributed by atoms with Crippen molar-refractivity contribution in [3.05, 3.63) is 64.6 Å². The van der Waals surface area contributed by atoms with Crippen LogP contribution in [0, 0.1) is 23.0 Å². The van der Waals surface area contributed by atoms with E-state index in [4.69, 9.17) is 26.3 Å². The van der Waals surface area contributed by atoms with Crippen molar-refractivity contribution < 1.29 is 37.4 Å². The van der Waals surface area contributed by atoms with E-state index in [1.54, 1.807) is 36.6 Å². The van der Waals surface area contributed by atoms with E-state index in [0.717, 1.165) is 12.8 Å². The smallest absolute Gasteiger partial charge is 0.407 e. The summed E-state index contributed by atoms with van der Waals surface area (Å²) in [5.74, 6) is -4.05. The van der Waals surface area contributed by atoms with Crippen molar-refractivity contribution in [2.75, 3.05) is 38.1 Å². The molecule has 0 spiro atoms. The molecule has 2 aliphatic rings. The normalized spacial score (nSPS) is 17.1. The van der Waals surface area contributed by atoms with E-state index in [0.29, 0.717) is 13.1 Å². The van der Waals surface area contributed by atoms with Crippen LogP contribution in [0.15, 0.2) is 36.5 Å². The number of aromatic nitrogens is 2. The highest BCUT2D eigenvalue weighted by atomic mass is 35.5. The predicted molar refractivity (Wildman–Crippen MR) is 181 cm³/mol. The van der Waals surface area contributed by atoms with E-state index >= 15 is 0 Å². The van der Waals surface area contributed by atoms with Crippen LogP contribution in [0.3, 0.4) is 0 Å². The zero-order valence-electron chi connectivity index (χ0n) is 28.4. The fourth-order valence-electron chi connectivity index (χ4n) is 5.61. The van der Waals surface area contributed by atoms with Crippen LogP contribution in [0.5, 0.6) is 5.75 Å². The maximum absolute atomic E-state index is 14.8. The number of piperazine rings is 1. The first-order chi connectivity index (χ1) is 24.2. The second kappa shape index (κ2) is 15.2. The second-order valence-corrected chi connectivity index (χ2v) is 13.4. The van der Waals surface area contributed by atoms with Crippen LogP contribution in [-0.2, 0) is 11.8 Å². The Morgan fingerprint density at radius 3 is 2.29 bits per heavy atom. The summed E-state index contributed by atoms with van der Waals surface area (Å²) in [6.07, 6.45) is 2.13. The molecule has 17 heteroatoms. The number of nitrogens with one attached hydrogen (secondary N) is 3. The lowest BCUT2D eigenvalue weighted by molar-refractivity contribution is 0.0455. The van der Waals surface area contributed by atoms with E-state index in [2.05, 4.69) is 20.9 Å². The Labute approximate surface area is 297 Å². The summed E-state index contributed by atoms with van der Waals surface area (Å²) in [5, 5.41) is 17.1. The molecule has 5 amide bonds. The lowest BCUT2D eigenvalue weighted by atomic mass is 9.86. The summed E-state index contributed by atoms with van der Waals surface area (Å²) >= 11 is 6.47.